The molecule has 6 fully saturated rings. The predicted octanol–water partition coefficient (Wildman–Crippen LogP) is 7.61. The Labute approximate surface area is 358 Å². The van der Waals surface area contributed by atoms with Crippen molar-refractivity contribution in [1.29, 1.82) is 0 Å². The first-order valence-electron chi connectivity index (χ1n) is 21.3. The molecule has 2 bridgehead atoms. The summed E-state index contributed by atoms with van der Waals surface area (Å²) in [5.74, 6) is 2.44. The summed E-state index contributed by atoms with van der Waals surface area (Å²) in [5, 5.41) is 8.00. The van der Waals surface area contributed by atoms with Crippen molar-refractivity contribution >= 4 is 57.4 Å². The van der Waals surface area contributed by atoms with Crippen molar-refractivity contribution in [1.82, 2.24) is 40.4 Å². The lowest BCUT2D eigenvalue weighted by Gasteiger charge is -2.32. The number of hydrogen-bond donors (Lipinski definition) is 4. The molecule has 4 amide bonds. The monoisotopic (exact) mass is 846 g/mol. The number of carbonyl (C=O) groups excluding carboxylic acids is 4. The van der Waals surface area contributed by atoms with Gasteiger partial charge in [0.05, 0.1) is 37.3 Å². The van der Waals surface area contributed by atoms with Crippen molar-refractivity contribution < 1.29 is 28.7 Å². The Morgan fingerprint density at radius 1 is 0.787 bits per heavy atom. The summed E-state index contributed by atoms with van der Waals surface area (Å²) in [7, 11) is 2.60. The summed E-state index contributed by atoms with van der Waals surface area (Å²) in [6.07, 6.45) is -0.430. The zero-order valence-corrected chi connectivity index (χ0v) is 36.2. The number of aromatic amines is 2. The quantitative estimate of drug-likeness (QED) is 0.111. The molecule has 3 saturated heterocycles. The average Bonchev–Trinajstić information content (AvgIpc) is 3.82. The van der Waals surface area contributed by atoms with E-state index in [0.29, 0.717) is 40.3 Å². The summed E-state index contributed by atoms with van der Waals surface area (Å²) >= 11 is 6.88. The molecule has 15 heteroatoms. The van der Waals surface area contributed by atoms with Crippen LogP contribution in [0.4, 0.5) is 9.59 Å². The highest BCUT2D eigenvalue weighted by molar-refractivity contribution is 6.32. The Balaban J connectivity index is 0.888. The molecule has 11 atom stereocenters. The van der Waals surface area contributed by atoms with E-state index in [9.17, 15) is 19.2 Å². The minimum absolute atomic E-state index is 0.0665. The van der Waals surface area contributed by atoms with Gasteiger partial charge in [0.15, 0.2) is 0 Å². The van der Waals surface area contributed by atoms with Crippen molar-refractivity contribution in [2.24, 2.45) is 40.9 Å². The molecule has 1 unspecified atom stereocenters. The van der Waals surface area contributed by atoms with Gasteiger partial charge in [-0.1, -0.05) is 83.5 Å². The lowest BCUT2D eigenvalue weighted by Crippen LogP contribution is -2.52. The van der Waals surface area contributed by atoms with E-state index in [0.717, 1.165) is 50.7 Å². The predicted molar refractivity (Wildman–Crippen MR) is 229 cm³/mol. The first kappa shape index (κ1) is 39.5. The number of fused-ring (bicyclic) bond motifs is 4. The van der Waals surface area contributed by atoms with E-state index in [1.165, 1.54) is 14.2 Å². The van der Waals surface area contributed by atoms with Gasteiger partial charge in [-0.2, -0.15) is 0 Å². The smallest absolute Gasteiger partial charge is 0.407 e. The summed E-state index contributed by atoms with van der Waals surface area (Å²) in [4.78, 5) is 73.2. The van der Waals surface area contributed by atoms with Crippen LogP contribution in [0.3, 0.4) is 0 Å². The van der Waals surface area contributed by atoms with Crippen LogP contribution in [-0.4, -0.2) is 92.1 Å². The number of nitrogens with one attached hydrogen (secondary N) is 4. The minimum atomic E-state index is -0.720. The minimum Gasteiger partial charge on any atom is -0.453 e. The van der Waals surface area contributed by atoms with Gasteiger partial charge in [-0.25, -0.2) is 19.6 Å². The molecule has 4 N–H and O–H groups in total. The van der Waals surface area contributed by atoms with Gasteiger partial charge in [-0.05, 0) is 93.5 Å². The third kappa shape index (κ3) is 6.02. The molecular formula is C46H51ClN8O6. The van der Waals surface area contributed by atoms with E-state index in [4.69, 9.17) is 31.0 Å². The maximum absolute atomic E-state index is 14.1. The standard InChI is InChI=1S/C46H51ClN8O6/c1-19(2)33(51-44(58)60-7)42(56)54-30(18-27-21(5)36(27)54)40-48-28-14-13-25(17-29(28)49-40)23-9-10-24-16-26(12-11-22(24)15-23)35-39(47)53-41(50-35)37-31-32-38(46(31,32)6)55(37)43(57)34(20(3)4)52-45(59)61-8/h9-17,19-21,27,30-34,36-38H,18H2,1-8H3,(H,48,49)(H,50,53)(H,51,58)(H,52,59)/t21-,27+,30+,31?,32-,33+,34+,36-,37+,38+,46-/m1/s1. The second-order valence-electron chi connectivity index (χ2n) is 18.7. The zero-order valence-electron chi connectivity index (χ0n) is 35.4. The van der Waals surface area contributed by atoms with Gasteiger partial charge in [0.25, 0.3) is 0 Å². The number of aromatic nitrogens is 4. The maximum atomic E-state index is 14.1. The highest BCUT2D eigenvalue weighted by atomic mass is 35.5. The fourth-order valence-electron chi connectivity index (χ4n) is 11.2. The molecule has 6 aliphatic rings. The van der Waals surface area contributed by atoms with Gasteiger partial charge in [-0.3, -0.25) is 9.59 Å². The van der Waals surface area contributed by atoms with Crippen molar-refractivity contribution in [2.45, 2.75) is 84.2 Å². The van der Waals surface area contributed by atoms with Gasteiger partial charge in [-0.15, -0.1) is 0 Å². The van der Waals surface area contributed by atoms with Crippen LogP contribution < -0.4 is 10.6 Å². The molecule has 61 heavy (non-hydrogen) atoms. The molecule has 5 aromatic rings. The van der Waals surface area contributed by atoms with Crippen molar-refractivity contribution in [2.75, 3.05) is 14.2 Å². The summed E-state index contributed by atoms with van der Waals surface area (Å²) in [6, 6.07) is 17.1. The van der Waals surface area contributed by atoms with E-state index >= 15 is 0 Å². The van der Waals surface area contributed by atoms with Gasteiger partial charge in [0.1, 0.15) is 34.6 Å². The summed E-state index contributed by atoms with van der Waals surface area (Å²) in [5.41, 5.74) is 5.33. The Morgan fingerprint density at radius 2 is 1.36 bits per heavy atom. The number of ether oxygens (including phenoxy) is 2. The van der Waals surface area contributed by atoms with Crippen LogP contribution in [0.25, 0.3) is 44.2 Å². The lowest BCUT2D eigenvalue weighted by molar-refractivity contribution is -0.137. The number of alkyl carbamates (subject to hydrolysis) is 2. The van der Waals surface area contributed by atoms with Crippen LogP contribution in [0.1, 0.15) is 71.7 Å². The van der Waals surface area contributed by atoms with Crippen LogP contribution in [-0.2, 0) is 19.1 Å². The van der Waals surface area contributed by atoms with Crippen LogP contribution in [0.5, 0.6) is 0 Å². The molecule has 3 aromatic carbocycles. The Bertz CT molecular complexity index is 2660. The van der Waals surface area contributed by atoms with Crippen molar-refractivity contribution in [3.05, 3.63) is 71.4 Å². The molecule has 0 radical (unpaired) electrons. The van der Waals surface area contributed by atoms with E-state index in [2.05, 4.69) is 76.9 Å². The molecule has 0 spiro atoms. The number of hydrogen-bond acceptors (Lipinski definition) is 8. The van der Waals surface area contributed by atoms with Gasteiger partial charge < -0.3 is 39.9 Å². The molecule has 2 aromatic heterocycles. The molecule has 3 aliphatic heterocycles. The second kappa shape index (κ2) is 13.9. The van der Waals surface area contributed by atoms with Gasteiger partial charge in [0, 0.05) is 17.6 Å². The molecule has 318 valence electrons. The van der Waals surface area contributed by atoms with E-state index in [1.54, 1.807) is 0 Å². The normalized spacial score (nSPS) is 28.8. The van der Waals surface area contributed by atoms with E-state index in [1.807, 2.05) is 49.6 Å². The number of likely N-dealkylation sites (tertiary alicyclic amines) is 1. The van der Waals surface area contributed by atoms with E-state index < -0.39 is 24.3 Å². The number of methoxy groups -OCH3 is 2. The number of benzene rings is 3. The molecule has 11 rings (SSSR count). The number of carbonyl (C=O) groups is 4. The SMILES string of the molecule is COC(=O)N[C@H](C(=O)N1[C@H](c2nc(-c3ccc4cc(-c5ccc6nc([C@@H]7C[C@H]8[C@@H](C)[C@H]8N7C(=O)[C@@H](NC(=O)OC)C(C)C)[nH]c6c5)ccc4c3)c(Cl)[nH]2)C2[C@@H]3[C@H]1[C@]23C)C(C)C. The zero-order chi connectivity index (χ0) is 43.0. The van der Waals surface area contributed by atoms with Gasteiger partial charge in [0.2, 0.25) is 11.8 Å². The number of imidazole rings is 2. The number of H-pyrrole nitrogens is 2. The van der Waals surface area contributed by atoms with Gasteiger partial charge >= 0.3 is 12.2 Å². The second-order valence-corrected chi connectivity index (χ2v) is 19.1. The number of rotatable bonds is 10. The lowest BCUT2D eigenvalue weighted by atomic mass is 9.99. The first-order chi connectivity index (χ1) is 29.2. The van der Waals surface area contributed by atoms with Crippen LogP contribution in [0, 0.1) is 40.9 Å². The Hall–Kier alpha value is -5.63. The molecule has 3 aliphatic carbocycles. The maximum Gasteiger partial charge on any atom is 0.407 e. The van der Waals surface area contributed by atoms with E-state index in [-0.39, 0.29) is 53.2 Å². The summed E-state index contributed by atoms with van der Waals surface area (Å²) < 4.78 is 9.67. The topological polar surface area (TPSA) is 175 Å². The molecule has 14 nitrogen and oxygen atoms in total. The van der Waals surface area contributed by atoms with Crippen LogP contribution >= 0.6 is 11.6 Å². The number of piperidine rings is 2. The number of amides is 4. The average molecular weight is 847 g/mol. The fraction of sp³-hybridized carbons (Fsp3) is 0.478. The third-order valence-corrected chi connectivity index (χ3v) is 15.0. The fourth-order valence-corrected chi connectivity index (χ4v) is 11.4. The van der Waals surface area contributed by atoms with Crippen molar-refractivity contribution in [3.63, 3.8) is 0 Å². The first-order valence-corrected chi connectivity index (χ1v) is 21.7. The molecule has 3 saturated carbocycles. The molecule has 5 heterocycles. The largest absolute Gasteiger partial charge is 0.453 e. The van der Waals surface area contributed by atoms with Crippen LogP contribution in [0.15, 0.2) is 54.6 Å². The third-order valence-electron chi connectivity index (χ3n) is 14.7. The van der Waals surface area contributed by atoms with Crippen molar-refractivity contribution in [3.8, 4) is 22.4 Å². The highest BCUT2D eigenvalue weighted by Crippen LogP contribution is 2.90. The number of halogens is 1. The molecular weight excluding hydrogens is 796 g/mol. The number of nitrogens with zero attached hydrogens (tertiary/aromatic N) is 4. The summed E-state index contributed by atoms with van der Waals surface area (Å²) in [6.45, 7) is 12.1. The Morgan fingerprint density at radius 3 is 1.98 bits per heavy atom. The van der Waals surface area contributed by atoms with Crippen LogP contribution in [0.2, 0.25) is 5.15 Å². The Kier molecular flexibility index (Phi) is 9.03. The highest BCUT2D eigenvalue weighted by Gasteiger charge is 2.94.